The van der Waals surface area contributed by atoms with Crippen molar-refractivity contribution in [3.63, 3.8) is 0 Å². The van der Waals surface area contributed by atoms with Crippen LogP contribution in [0.2, 0.25) is 0 Å². The van der Waals surface area contributed by atoms with Crippen molar-refractivity contribution in [2.24, 2.45) is 5.16 Å². The van der Waals surface area contributed by atoms with Gasteiger partial charge in [0.2, 0.25) is 6.61 Å². The minimum atomic E-state index is -0.591. The van der Waals surface area contributed by atoms with Crippen LogP contribution >= 0.6 is 31.9 Å². The van der Waals surface area contributed by atoms with E-state index < -0.39 is 18.5 Å². The summed E-state index contributed by atoms with van der Waals surface area (Å²) >= 11 is 7.12. The highest BCUT2D eigenvalue weighted by Crippen LogP contribution is 2.40. The molecule has 0 heterocycles. The van der Waals surface area contributed by atoms with E-state index in [-0.39, 0.29) is 18.2 Å². The van der Waals surface area contributed by atoms with Crippen molar-refractivity contribution in [1.82, 2.24) is 0 Å². The molecule has 0 bridgehead atoms. The number of halogens is 2. The van der Waals surface area contributed by atoms with Gasteiger partial charge >= 0.3 is 5.97 Å². The summed E-state index contributed by atoms with van der Waals surface area (Å²) in [7, 11) is 1.65. The molecule has 0 saturated heterocycles. The highest BCUT2D eigenvalue weighted by atomic mass is 79.9. The molecule has 8 nitrogen and oxygen atoms in total. The molecule has 0 fully saturated rings. The number of hydrogen-bond acceptors (Lipinski definition) is 7. The van der Waals surface area contributed by atoms with E-state index in [1.807, 2.05) is 24.3 Å². The maximum absolute atomic E-state index is 13.2. The molecule has 1 unspecified atom stereocenters. The van der Waals surface area contributed by atoms with Gasteiger partial charge in [0.25, 0.3) is 5.91 Å². The Kier molecular flexibility index (Phi) is 11.4. The average molecular weight is 662 g/mol. The Bertz CT molecular complexity index is 1310. The smallest absolute Gasteiger partial charge is 0.347 e. The van der Waals surface area contributed by atoms with Gasteiger partial charge < -0.3 is 24.4 Å². The van der Waals surface area contributed by atoms with Gasteiger partial charge in [0.1, 0.15) is 11.5 Å². The molecule has 0 spiro atoms. The Morgan fingerprint density at radius 2 is 1.69 bits per heavy atom. The fourth-order valence-corrected chi connectivity index (χ4v) is 4.93. The first-order chi connectivity index (χ1) is 18.8. The lowest BCUT2D eigenvalue weighted by molar-refractivity contribution is -0.148. The Labute approximate surface area is 244 Å². The fraction of sp³-hybridized carbons (Fsp3) is 0.276. The predicted molar refractivity (Wildman–Crippen MR) is 158 cm³/mol. The second-order valence-corrected chi connectivity index (χ2v) is 10.1. The van der Waals surface area contributed by atoms with Crippen molar-refractivity contribution in [2.75, 3.05) is 25.6 Å². The topological polar surface area (TPSA) is 95.5 Å². The van der Waals surface area contributed by atoms with Gasteiger partial charge in [-0.1, -0.05) is 37.2 Å². The number of nitrogens with zero attached hydrogens (tertiary/aromatic N) is 1. The molecule has 1 atom stereocenters. The van der Waals surface area contributed by atoms with E-state index in [1.54, 1.807) is 50.4 Å². The molecule has 0 aliphatic carbocycles. The van der Waals surface area contributed by atoms with E-state index >= 15 is 0 Å². The van der Waals surface area contributed by atoms with E-state index in [4.69, 9.17) is 19.0 Å². The van der Waals surface area contributed by atoms with Gasteiger partial charge in [-0.15, -0.1) is 0 Å². The van der Waals surface area contributed by atoms with Crippen molar-refractivity contribution < 1.29 is 28.6 Å². The number of para-hydroxylation sites is 1. The molecular weight excluding hydrogens is 632 g/mol. The number of carbonyl (C=O) groups excluding carboxylic acids is 2. The Balaban J connectivity index is 1.93. The van der Waals surface area contributed by atoms with Crippen LogP contribution in [0.5, 0.6) is 17.2 Å². The second kappa shape index (κ2) is 14.7. The molecule has 0 saturated carbocycles. The van der Waals surface area contributed by atoms with Crippen LogP contribution in [0.1, 0.15) is 44.2 Å². The molecule has 3 aromatic rings. The summed E-state index contributed by atoms with van der Waals surface area (Å²) in [6.45, 7) is 5.72. The third-order valence-electron chi connectivity index (χ3n) is 5.73. The summed E-state index contributed by atoms with van der Waals surface area (Å²) in [5, 5.41) is 6.77. The van der Waals surface area contributed by atoms with E-state index in [0.717, 1.165) is 17.7 Å². The molecule has 0 aliphatic heterocycles. The van der Waals surface area contributed by atoms with Crippen molar-refractivity contribution in [3.05, 3.63) is 80.7 Å². The molecule has 3 rings (SSSR count). The van der Waals surface area contributed by atoms with Crippen LogP contribution in [0.25, 0.3) is 0 Å². The predicted octanol–water partition coefficient (Wildman–Crippen LogP) is 7.45. The molecule has 0 radical (unpaired) electrons. The van der Waals surface area contributed by atoms with E-state index in [2.05, 4.69) is 56.2 Å². The van der Waals surface area contributed by atoms with Crippen LogP contribution in [-0.2, 0) is 19.2 Å². The summed E-state index contributed by atoms with van der Waals surface area (Å²) in [6, 6.07) is 18.0. The zero-order valence-corrected chi connectivity index (χ0v) is 25.3. The van der Waals surface area contributed by atoms with E-state index in [0.29, 0.717) is 31.7 Å². The average Bonchev–Trinajstić information content (AvgIpc) is 2.93. The van der Waals surface area contributed by atoms with Crippen molar-refractivity contribution >= 4 is 55.1 Å². The number of esters is 1. The monoisotopic (exact) mass is 660 g/mol. The maximum Gasteiger partial charge on any atom is 0.347 e. The zero-order chi connectivity index (χ0) is 28.4. The lowest BCUT2D eigenvalue weighted by Gasteiger charge is -2.17. The summed E-state index contributed by atoms with van der Waals surface area (Å²) < 4.78 is 17.7. The quantitative estimate of drug-likeness (QED) is 0.123. The molecule has 3 aromatic carbocycles. The SMILES string of the molecule is CCOC(=O)CO/N=C(/C(=O)Nc1ccccc1)c1cc(Br)c(Oc2ccc(OC)c(C(C)CC)c2)c(Br)c1. The fourth-order valence-electron chi connectivity index (χ4n) is 3.58. The number of benzene rings is 3. The number of nitrogens with one attached hydrogen (secondary N) is 1. The van der Waals surface area contributed by atoms with Crippen LogP contribution < -0.4 is 14.8 Å². The molecule has 1 amide bonds. The number of carbonyl (C=O) groups is 2. The van der Waals surface area contributed by atoms with Crippen molar-refractivity contribution in [1.29, 1.82) is 0 Å². The largest absolute Gasteiger partial charge is 0.496 e. The molecule has 1 N–H and O–H groups in total. The molecule has 0 aromatic heterocycles. The molecule has 10 heteroatoms. The summed E-state index contributed by atoms with van der Waals surface area (Å²) in [6.07, 6.45) is 0.952. The number of oxime groups is 1. The summed E-state index contributed by atoms with van der Waals surface area (Å²) in [5.74, 6) is 1.12. The lowest BCUT2D eigenvalue weighted by atomic mass is 9.97. The number of methoxy groups -OCH3 is 1. The van der Waals surface area contributed by atoms with Crippen LogP contribution in [0.15, 0.2) is 74.8 Å². The van der Waals surface area contributed by atoms with E-state index in [1.165, 1.54) is 0 Å². The van der Waals surface area contributed by atoms with Crippen LogP contribution in [0, 0.1) is 0 Å². The Morgan fingerprint density at radius 1 is 1.00 bits per heavy atom. The first kappa shape index (κ1) is 30.2. The van der Waals surface area contributed by atoms with E-state index in [9.17, 15) is 9.59 Å². The van der Waals surface area contributed by atoms with Gasteiger partial charge in [0.05, 0.1) is 22.7 Å². The molecular formula is C29H30Br2N2O6. The minimum Gasteiger partial charge on any atom is -0.496 e. The van der Waals surface area contributed by atoms with Crippen molar-refractivity contribution in [3.8, 4) is 17.2 Å². The van der Waals surface area contributed by atoms with Gasteiger partial charge in [0.15, 0.2) is 11.5 Å². The van der Waals surface area contributed by atoms with Gasteiger partial charge in [-0.3, -0.25) is 4.79 Å². The maximum atomic E-state index is 13.2. The van der Waals surface area contributed by atoms with Gasteiger partial charge in [-0.05, 0) is 93.6 Å². The van der Waals surface area contributed by atoms with Crippen LogP contribution in [0.4, 0.5) is 5.69 Å². The summed E-state index contributed by atoms with van der Waals surface area (Å²) in [5.41, 5.74) is 2.01. The van der Waals surface area contributed by atoms with Crippen molar-refractivity contribution in [2.45, 2.75) is 33.1 Å². The highest BCUT2D eigenvalue weighted by molar-refractivity contribution is 9.11. The Morgan fingerprint density at radius 3 is 2.31 bits per heavy atom. The zero-order valence-electron chi connectivity index (χ0n) is 22.1. The highest BCUT2D eigenvalue weighted by Gasteiger charge is 2.21. The Hall–Kier alpha value is -3.37. The number of ether oxygens (including phenoxy) is 3. The first-order valence-corrected chi connectivity index (χ1v) is 13.9. The third kappa shape index (κ3) is 8.31. The summed E-state index contributed by atoms with van der Waals surface area (Å²) in [4.78, 5) is 30.1. The number of hydrogen-bond donors (Lipinski definition) is 1. The van der Waals surface area contributed by atoms with Gasteiger partial charge in [-0.25, -0.2) is 4.79 Å². The molecule has 206 valence electrons. The van der Waals surface area contributed by atoms with Gasteiger partial charge in [0, 0.05) is 16.8 Å². The number of anilines is 1. The number of amides is 1. The van der Waals surface area contributed by atoms with Gasteiger partial charge in [-0.2, -0.15) is 0 Å². The molecule has 0 aliphatic rings. The minimum absolute atomic E-state index is 0.0420. The normalized spacial score (nSPS) is 11.9. The first-order valence-electron chi connectivity index (χ1n) is 12.3. The van der Waals surface area contributed by atoms with Crippen LogP contribution in [-0.4, -0.2) is 37.9 Å². The molecule has 39 heavy (non-hydrogen) atoms. The second-order valence-electron chi connectivity index (χ2n) is 8.42. The third-order valence-corrected chi connectivity index (χ3v) is 6.90. The number of rotatable bonds is 12. The standard InChI is InChI=1S/C29H30Br2N2O6/c1-5-18(3)22-16-21(12-13-25(22)36-4)39-28-23(30)14-19(15-24(28)31)27(33-38-17-26(34)37-6-2)29(35)32-20-10-8-7-9-11-20/h7-16,18H,5-6,17H2,1-4H3,(H,32,35)/b33-27+. The van der Waals surface area contributed by atoms with Crippen LogP contribution in [0.3, 0.4) is 0 Å². The lowest BCUT2D eigenvalue weighted by Crippen LogP contribution is -2.25.